The largest absolute Gasteiger partial charge is 0.300 e. The summed E-state index contributed by atoms with van der Waals surface area (Å²) in [6.07, 6.45) is 5.59. The van der Waals surface area contributed by atoms with E-state index < -0.39 is 0 Å². The molecular weight excluding hydrogens is 146 g/mol. The molecule has 0 aromatic rings. The molecule has 0 radical (unpaired) electrons. The molecule has 1 heteroatoms. The van der Waals surface area contributed by atoms with Crippen molar-refractivity contribution in [2.75, 3.05) is 13.1 Å². The first-order valence-electron chi connectivity index (χ1n) is 5.57. The topological polar surface area (TPSA) is 3.24 Å². The van der Waals surface area contributed by atoms with E-state index >= 15 is 0 Å². The zero-order chi connectivity index (χ0) is 8.97. The second-order valence-corrected chi connectivity index (χ2v) is 3.91. The molecule has 72 valence electrons. The van der Waals surface area contributed by atoms with Gasteiger partial charge in [0.05, 0.1) is 0 Å². The second kappa shape index (κ2) is 4.86. The van der Waals surface area contributed by atoms with Crippen molar-refractivity contribution < 1.29 is 0 Å². The van der Waals surface area contributed by atoms with Gasteiger partial charge in [-0.05, 0) is 31.8 Å². The predicted octanol–water partition coefficient (Wildman–Crippen LogP) is 2.91. The molecule has 1 heterocycles. The number of rotatable bonds is 4. The lowest BCUT2D eigenvalue weighted by atomic mass is 9.92. The van der Waals surface area contributed by atoms with Crippen LogP contribution >= 0.6 is 0 Å². The molecule has 0 saturated carbocycles. The van der Waals surface area contributed by atoms with E-state index in [0.717, 1.165) is 12.0 Å². The van der Waals surface area contributed by atoms with Crippen LogP contribution < -0.4 is 0 Å². The van der Waals surface area contributed by atoms with Crippen molar-refractivity contribution in [1.82, 2.24) is 4.90 Å². The minimum atomic E-state index is 0.907. The summed E-state index contributed by atoms with van der Waals surface area (Å²) in [5.74, 6) is 0.951. The van der Waals surface area contributed by atoms with Crippen molar-refractivity contribution in [3.8, 4) is 0 Å². The molecule has 1 unspecified atom stereocenters. The molecular formula is C11H23N. The predicted molar refractivity (Wildman–Crippen MR) is 54.3 cm³/mol. The van der Waals surface area contributed by atoms with Crippen molar-refractivity contribution in [3.63, 3.8) is 0 Å². The number of likely N-dealkylation sites (tertiary alicyclic amines) is 1. The highest BCUT2D eigenvalue weighted by Gasteiger charge is 2.28. The summed E-state index contributed by atoms with van der Waals surface area (Å²) in [5.41, 5.74) is 0. The van der Waals surface area contributed by atoms with Gasteiger partial charge in [0, 0.05) is 6.04 Å². The van der Waals surface area contributed by atoms with Gasteiger partial charge < -0.3 is 4.90 Å². The first-order valence-corrected chi connectivity index (χ1v) is 5.57. The average molecular weight is 169 g/mol. The van der Waals surface area contributed by atoms with Gasteiger partial charge in [0.1, 0.15) is 0 Å². The van der Waals surface area contributed by atoms with Crippen LogP contribution in [0.5, 0.6) is 0 Å². The third kappa shape index (κ3) is 2.01. The maximum atomic E-state index is 2.66. The maximum Gasteiger partial charge on any atom is 0.0124 e. The Labute approximate surface area is 77.1 Å². The lowest BCUT2D eigenvalue weighted by Crippen LogP contribution is -2.34. The van der Waals surface area contributed by atoms with Crippen LogP contribution in [0, 0.1) is 5.92 Å². The van der Waals surface area contributed by atoms with Crippen molar-refractivity contribution in [1.29, 1.82) is 0 Å². The molecule has 1 atom stereocenters. The Balaban J connectivity index is 2.47. The summed E-state index contributed by atoms with van der Waals surface area (Å²) in [5, 5.41) is 0. The lowest BCUT2D eigenvalue weighted by molar-refractivity contribution is 0.189. The zero-order valence-electron chi connectivity index (χ0n) is 8.84. The first kappa shape index (κ1) is 10.0. The van der Waals surface area contributed by atoms with Crippen LogP contribution in [0.1, 0.15) is 46.5 Å². The fourth-order valence-electron chi connectivity index (χ4n) is 2.61. The van der Waals surface area contributed by atoms with Gasteiger partial charge in [-0.2, -0.15) is 0 Å². The van der Waals surface area contributed by atoms with Crippen LogP contribution in [-0.2, 0) is 0 Å². The normalized spacial score (nSPS) is 25.5. The summed E-state index contributed by atoms with van der Waals surface area (Å²) in [7, 11) is 0. The maximum absolute atomic E-state index is 2.66. The molecule has 12 heavy (non-hydrogen) atoms. The second-order valence-electron chi connectivity index (χ2n) is 3.91. The highest BCUT2D eigenvalue weighted by atomic mass is 15.2. The van der Waals surface area contributed by atoms with E-state index in [0.29, 0.717) is 0 Å². The standard InChI is InChI=1S/C11H23N/c1-4-10(5-2)11-8-7-9-12(11)6-3/h10-11H,4-9H2,1-3H3. The van der Waals surface area contributed by atoms with Gasteiger partial charge in [-0.1, -0.05) is 33.6 Å². The summed E-state index contributed by atoms with van der Waals surface area (Å²) in [4.78, 5) is 2.66. The molecule has 0 aromatic carbocycles. The van der Waals surface area contributed by atoms with Crippen molar-refractivity contribution in [3.05, 3.63) is 0 Å². The van der Waals surface area contributed by atoms with Crippen LogP contribution in [0.25, 0.3) is 0 Å². The summed E-state index contributed by atoms with van der Waals surface area (Å²) < 4.78 is 0. The molecule has 1 saturated heterocycles. The third-order valence-electron chi connectivity index (χ3n) is 3.41. The van der Waals surface area contributed by atoms with E-state index in [1.54, 1.807) is 0 Å². The van der Waals surface area contributed by atoms with Crippen molar-refractivity contribution in [2.24, 2.45) is 5.92 Å². The smallest absolute Gasteiger partial charge is 0.0124 e. The summed E-state index contributed by atoms with van der Waals surface area (Å²) in [6, 6.07) is 0.907. The molecule has 1 nitrogen and oxygen atoms in total. The fraction of sp³-hybridized carbons (Fsp3) is 1.00. The number of hydrogen-bond donors (Lipinski definition) is 0. The van der Waals surface area contributed by atoms with E-state index in [1.807, 2.05) is 0 Å². The minimum Gasteiger partial charge on any atom is -0.300 e. The zero-order valence-corrected chi connectivity index (χ0v) is 8.84. The fourth-order valence-corrected chi connectivity index (χ4v) is 2.61. The number of nitrogens with zero attached hydrogens (tertiary/aromatic N) is 1. The molecule has 1 aliphatic rings. The van der Waals surface area contributed by atoms with Crippen molar-refractivity contribution in [2.45, 2.75) is 52.5 Å². The SMILES string of the molecule is CCC(CC)C1CCCN1CC. The van der Waals surface area contributed by atoms with Gasteiger partial charge in [0.2, 0.25) is 0 Å². The summed E-state index contributed by atoms with van der Waals surface area (Å²) in [6.45, 7) is 9.56. The highest BCUT2D eigenvalue weighted by Crippen LogP contribution is 2.27. The van der Waals surface area contributed by atoms with Crippen LogP contribution in [0.2, 0.25) is 0 Å². The monoisotopic (exact) mass is 169 g/mol. The van der Waals surface area contributed by atoms with Crippen LogP contribution in [0.15, 0.2) is 0 Å². The molecule has 0 bridgehead atoms. The van der Waals surface area contributed by atoms with Gasteiger partial charge in [-0.25, -0.2) is 0 Å². The first-order chi connectivity index (χ1) is 5.83. The Morgan fingerprint density at radius 1 is 1.25 bits per heavy atom. The van der Waals surface area contributed by atoms with Gasteiger partial charge in [0.25, 0.3) is 0 Å². The average Bonchev–Trinajstić information content (AvgIpc) is 2.55. The van der Waals surface area contributed by atoms with E-state index in [4.69, 9.17) is 0 Å². The molecule has 0 aliphatic carbocycles. The van der Waals surface area contributed by atoms with Gasteiger partial charge >= 0.3 is 0 Å². The van der Waals surface area contributed by atoms with E-state index in [9.17, 15) is 0 Å². The Morgan fingerprint density at radius 3 is 2.42 bits per heavy atom. The summed E-state index contributed by atoms with van der Waals surface area (Å²) >= 11 is 0. The Bertz CT molecular complexity index is 118. The molecule has 0 N–H and O–H groups in total. The third-order valence-corrected chi connectivity index (χ3v) is 3.41. The van der Waals surface area contributed by atoms with Gasteiger partial charge in [-0.15, -0.1) is 0 Å². The molecule has 0 spiro atoms. The Hall–Kier alpha value is -0.0400. The molecule has 1 rings (SSSR count). The molecule has 0 aromatic heterocycles. The van der Waals surface area contributed by atoms with Crippen LogP contribution in [-0.4, -0.2) is 24.0 Å². The lowest BCUT2D eigenvalue weighted by Gasteiger charge is -2.29. The molecule has 1 fully saturated rings. The quantitative estimate of drug-likeness (QED) is 0.625. The Kier molecular flexibility index (Phi) is 4.07. The van der Waals surface area contributed by atoms with Crippen molar-refractivity contribution >= 4 is 0 Å². The van der Waals surface area contributed by atoms with Gasteiger partial charge in [-0.3, -0.25) is 0 Å². The highest BCUT2D eigenvalue weighted by molar-refractivity contribution is 4.83. The molecule has 1 aliphatic heterocycles. The number of hydrogen-bond acceptors (Lipinski definition) is 1. The van der Waals surface area contributed by atoms with E-state index in [1.165, 1.54) is 38.8 Å². The van der Waals surface area contributed by atoms with Crippen LogP contribution in [0.3, 0.4) is 0 Å². The Morgan fingerprint density at radius 2 is 1.92 bits per heavy atom. The molecule has 0 amide bonds. The van der Waals surface area contributed by atoms with Gasteiger partial charge in [0.15, 0.2) is 0 Å². The van der Waals surface area contributed by atoms with Crippen LogP contribution in [0.4, 0.5) is 0 Å². The minimum absolute atomic E-state index is 0.907. The van der Waals surface area contributed by atoms with E-state index in [-0.39, 0.29) is 0 Å². The van der Waals surface area contributed by atoms with E-state index in [2.05, 4.69) is 25.7 Å².